The van der Waals surface area contributed by atoms with Gasteiger partial charge in [-0.05, 0) is 31.5 Å². The van der Waals surface area contributed by atoms with E-state index in [1.165, 1.54) is 0 Å². The average molecular weight is 238 g/mol. The lowest BCUT2D eigenvalue weighted by Crippen LogP contribution is -2.15. The van der Waals surface area contributed by atoms with Crippen molar-refractivity contribution in [1.29, 1.82) is 0 Å². The van der Waals surface area contributed by atoms with Crippen LogP contribution in [0.2, 0.25) is 0 Å². The van der Waals surface area contributed by atoms with Crippen LogP contribution >= 0.6 is 0 Å². The second kappa shape index (κ2) is 4.92. The maximum absolute atomic E-state index is 10.8. The third-order valence-electron chi connectivity index (χ3n) is 2.52. The zero-order chi connectivity index (χ0) is 13.2. The lowest BCUT2D eigenvalue weighted by atomic mass is 9.98. The summed E-state index contributed by atoms with van der Waals surface area (Å²) in [6, 6.07) is 2.49. The third-order valence-corrected chi connectivity index (χ3v) is 2.52. The van der Waals surface area contributed by atoms with E-state index in [4.69, 9.17) is 10.8 Å². The van der Waals surface area contributed by atoms with Crippen molar-refractivity contribution >= 4 is 11.7 Å². The van der Waals surface area contributed by atoms with E-state index in [-0.39, 0.29) is 12.1 Å². The molecule has 0 spiro atoms. The molecule has 0 saturated heterocycles. The Morgan fingerprint density at radius 3 is 2.29 bits per heavy atom. The molecule has 0 fully saturated rings. The third kappa shape index (κ3) is 3.01. The molecule has 1 aromatic carbocycles. The molecular formula is C11H14N2O4. The van der Waals surface area contributed by atoms with Gasteiger partial charge in [-0.15, -0.1) is 0 Å². The number of carboxylic acids is 1. The highest BCUT2D eigenvalue weighted by Crippen LogP contribution is 2.27. The lowest BCUT2D eigenvalue weighted by Gasteiger charge is -2.12. The van der Waals surface area contributed by atoms with E-state index in [0.29, 0.717) is 16.7 Å². The Balaban J connectivity index is 3.14. The summed E-state index contributed by atoms with van der Waals surface area (Å²) < 4.78 is 0. The first-order valence-electron chi connectivity index (χ1n) is 5.05. The monoisotopic (exact) mass is 238 g/mol. The molecule has 0 heterocycles. The molecule has 92 valence electrons. The summed E-state index contributed by atoms with van der Waals surface area (Å²) in [5, 5.41) is 19.4. The molecule has 6 nitrogen and oxygen atoms in total. The van der Waals surface area contributed by atoms with E-state index >= 15 is 0 Å². The number of rotatable bonds is 4. The van der Waals surface area contributed by atoms with Gasteiger partial charge < -0.3 is 10.8 Å². The van der Waals surface area contributed by atoms with Crippen LogP contribution in [0, 0.1) is 24.0 Å². The van der Waals surface area contributed by atoms with Gasteiger partial charge in [0.1, 0.15) is 0 Å². The number of carbonyl (C=O) groups is 1. The molecule has 0 saturated carbocycles. The van der Waals surface area contributed by atoms with Crippen molar-refractivity contribution in [3.05, 3.63) is 38.9 Å². The predicted molar refractivity (Wildman–Crippen MR) is 61.8 cm³/mol. The largest absolute Gasteiger partial charge is 0.481 e. The Kier molecular flexibility index (Phi) is 3.80. The molecule has 1 unspecified atom stereocenters. The predicted octanol–water partition coefficient (Wildman–Crippen LogP) is 1.69. The quantitative estimate of drug-likeness (QED) is 0.613. The van der Waals surface area contributed by atoms with Crippen LogP contribution in [0.4, 0.5) is 5.69 Å². The summed E-state index contributed by atoms with van der Waals surface area (Å²) in [7, 11) is 0. The van der Waals surface area contributed by atoms with Crippen LogP contribution in [0.25, 0.3) is 0 Å². The number of carboxylic acid groups (broad SMARTS) is 1. The molecular weight excluding hydrogens is 224 g/mol. The minimum absolute atomic E-state index is 0.0521. The van der Waals surface area contributed by atoms with E-state index in [1.807, 2.05) is 0 Å². The first-order valence-corrected chi connectivity index (χ1v) is 5.05. The highest BCUT2D eigenvalue weighted by Gasteiger charge is 2.18. The van der Waals surface area contributed by atoms with Crippen LogP contribution in [-0.4, -0.2) is 16.0 Å². The van der Waals surface area contributed by atoms with Crippen LogP contribution in [-0.2, 0) is 4.79 Å². The Morgan fingerprint density at radius 2 is 1.94 bits per heavy atom. The molecule has 6 heteroatoms. The van der Waals surface area contributed by atoms with Crippen LogP contribution < -0.4 is 5.73 Å². The van der Waals surface area contributed by atoms with E-state index in [9.17, 15) is 14.9 Å². The summed E-state index contributed by atoms with van der Waals surface area (Å²) in [6.45, 7) is 3.23. The zero-order valence-corrected chi connectivity index (χ0v) is 9.64. The fourth-order valence-electron chi connectivity index (χ4n) is 1.80. The number of nitrogens with two attached hydrogens (primary N) is 1. The van der Waals surface area contributed by atoms with Gasteiger partial charge in [0.15, 0.2) is 0 Å². The molecule has 1 atom stereocenters. The second-order valence-electron chi connectivity index (χ2n) is 3.96. The first-order chi connectivity index (χ1) is 7.82. The minimum Gasteiger partial charge on any atom is -0.481 e. The van der Waals surface area contributed by atoms with E-state index in [2.05, 4.69) is 0 Å². The summed E-state index contributed by atoms with van der Waals surface area (Å²) in [6.07, 6.45) is -0.198. The fraction of sp³-hybridized carbons (Fsp3) is 0.364. The summed E-state index contributed by atoms with van der Waals surface area (Å²) in [5.41, 5.74) is 7.35. The molecule has 0 aliphatic carbocycles. The second-order valence-corrected chi connectivity index (χ2v) is 3.96. The van der Waals surface area contributed by atoms with E-state index in [0.717, 1.165) is 0 Å². The average Bonchev–Trinajstić information content (AvgIpc) is 2.14. The lowest BCUT2D eigenvalue weighted by molar-refractivity contribution is -0.386. The molecule has 0 aliphatic heterocycles. The Hall–Kier alpha value is -1.95. The molecule has 0 amide bonds. The number of hydrogen-bond donors (Lipinski definition) is 2. The highest BCUT2D eigenvalue weighted by atomic mass is 16.6. The van der Waals surface area contributed by atoms with Gasteiger partial charge in [0, 0.05) is 17.2 Å². The van der Waals surface area contributed by atoms with E-state index < -0.39 is 16.9 Å². The Bertz CT molecular complexity index is 448. The van der Waals surface area contributed by atoms with Crippen molar-refractivity contribution in [2.24, 2.45) is 5.73 Å². The minimum atomic E-state index is -0.994. The fourth-order valence-corrected chi connectivity index (χ4v) is 1.80. The Morgan fingerprint density at radius 1 is 1.47 bits per heavy atom. The van der Waals surface area contributed by atoms with Crippen molar-refractivity contribution in [3.8, 4) is 0 Å². The van der Waals surface area contributed by atoms with Gasteiger partial charge in [-0.3, -0.25) is 14.9 Å². The van der Waals surface area contributed by atoms with E-state index in [1.54, 1.807) is 26.0 Å². The number of nitro groups is 1. The molecule has 0 radical (unpaired) electrons. The SMILES string of the molecule is Cc1cc(C(N)CC(=O)O)cc(C)c1[N+](=O)[O-]. The first kappa shape index (κ1) is 13.1. The molecule has 0 bridgehead atoms. The zero-order valence-electron chi connectivity index (χ0n) is 9.64. The smallest absolute Gasteiger partial charge is 0.305 e. The number of aryl methyl sites for hydroxylation is 2. The summed E-state index contributed by atoms with van der Waals surface area (Å²) in [4.78, 5) is 20.9. The maximum Gasteiger partial charge on any atom is 0.305 e. The van der Waals surface area contributed by atoms with Gasteiger partial charge in [-0.1, -0.05) is 0 Å². The van der Waals surface area contributed by atoms with Crippen LogP contribution in [0.5, 0.6) is 0 Å². The molecule has 0 aromatic heterocycles. The molecule has 3 N–H and O–H groups in total. The Labute approximate surface area is 98.2 Å². The topological polar surface area (TPSA) is 106 Å². The summed E-state index contributed by atoms with van der Waals surface area (Å²) in [5.74, 6) is -0.994. The van der Waals surface area contributed by atoms with Crippen molar-refractivity contribution in [1.82, 2.24) is 0 Å². The summed E-state index contributed by atoms with van der Waals surface area (Å²) >= 11 is 0. The van der Waals surface area contributed by atoms with Crippen LogP contribution in [0.1, 0.15) is 29.2 Å². The van der Waals surface area contributed by atoms with Gasteiger partial charge in [-0.25, -0.2) is 0 Å². The van der Waals surface area contributed by atoms with Gasteiger partial charge in [0.05, 0.1) is 11.3 Å². The van der Waals surface area contributed by atoms with Crippen LogP contribution in [0.3, 0.4) is 0 Å². The number of aliphatic carboxylic acids is 1. The van der Waals surface area contributed by atoms with Gasteiger partial charge in [0.2, 0.25) is 0 Å². The molecule has 1 aromatic rings. The van der Waals surface area contributed by atoms with Gasteiger partial charge in [-0.2, -0.15) is 0 Å². The number of benzene rings is 1. The number of nitro benzene ring substituents is 1. The molecule has 1 rings (SSSR count). The van der Waals surface area contributed by atoms with Crippen LogP contribution in [0.15, 0.2) is 12.1 Å². The van der Waals surface area contributed by atoms with Crippen molar-refractivity contribution in [2.45, 2.75) is 26.3 Å². The van der Waals surface area contributed by atoms with Crippen molar-refractivity contribution in [2.75, 3.05) is 0 Å². The normalized spacial score (nSPS) is 12.2. The van der Waals surface area contributed by atoms with Gasteiger partial charge in [0.25, 0.3) is 5.69 Å². The van der Waals surface area contributed by atoms with Crippen molar-refractivity contribution in [3.63, 3.8) is 0 Å². The molecule has 17 heavy (non-hydrogen) atoms. The van der Waals surface area contributed by atoms with Crippen molar-refractivity contribution < 1.29 is 14.8 Å². The highest BCUT2D eigenvalue weighted by molar-refractivity contribution is 5.68. The molecule has 0 aliphatic rings. The number of hydrogen-bond acceptors (Lipinski definition) is 4. The standard InChI is InChI=1S/C11H14N2O4/c1-6-3-8(9(12)5-10(14)15)4-7(2)11(6)13(16)17/h3-4,9H,5,12H2,1-2H3,(H,14,15). The van der Waals surface area contributed by atoms with Gasteiger partial charge >= 0.3 is 5.97 Å². The maximum atomic E-state index is 10.8. The number of nitrogens with zero attached hydrogens (tertiary/aromatic N) is 1.